The maximum atomic E-state index is 13.0. The van der Waals surface area contributed by atoms with E-state index >= 15 is 0 Å². The third-order valence-electron chi connectivity index (χ3n) is 4.25. The number of amides is 1. The lowest BCUT2D eigenvalue weighted by atomic mass is 9.98. The molecule has 1 amide bonds. The highest BCUT2D eigenvalue weighted by atomic mass is 28.3. The Morgan fingerprint density at radius 1 is 1.38 bits per heavy atom. The van der Waals surface area contributed by atoms with Gasteiger partial charge in [-0.3, -0.25) is 14.9 Å². The van der Waals surface area contributed by atoms with Crippen LogP contribution >= 0.6 is 0 Å². The Morgan fingerprint density at radius 2 is 2.00 bits per heavy atom. The number of nitrogens with one attached hydrogen (secondary N) is 1. The lowest BCUT2D eigenvalue weighted by molar-refractivity contribution is -0.388. The second-order valence-corrected chi connectivity index (χ2v) is 12.9. The van der Waals surface area contributed by atoms with Crippen LogP contribution in [0.2, 0.25) is 19.6 Å². The molecule has 0 radical (unpaired) electrons. The maximum Gasteiger partial charge on any atom is 0.423 e. The molecule has 1 aliphatic rings. The minimum atomic E-state index is -4.91. The van der Waals surface area contributed by atoms with Crippen LogP contribution in [0.15, 0.2) is 28.4 Å². The molecule has 7 nitrogen and oxygen atoms in total. The average molecular weight is 388 g/mol. The zero-order chi connectivity index (χ0) is 19.9. The summed E-state index contributed by atoms with van der Waals surface area (Å²) in [5, 5.41) is 21.4. The largest absolute Gasteiger partial charge is 0.423 e. The molecule has 0 aliphatic carbocycles. The van der Waals surface area contributed by atoms with Crippen molar-refractivity contribution >= 4 is 25.4 Å². The standard InChI is InChI=1S/C15H19F3N4O3Si/c1-14(8-12(20-21-14)26(2,3)4)13(23)19-9-5-6-11(22(24)25)10(7-9)15(16,17)18/h5-7,12H,8H2,1-4H3,(H,19,23). The number of rotatable bonds is 4. The molecule has 11 heteroatoms. The van der Waals surface area contributed by atoms with Gasteiger partial charge in [0, 0.05) is 18.2 Å². The number of anilines is 1. The van der Waals surface area contributed by atoms with Crippen molar-refractivity contribution in [3.8, 4) is 0 Å². The van der Waals surface area contributed by atoms with E-state index in [0.29, 0.717) is 12.5 Å². The molecule has 2 unspecified atom stereocenters. The SMILES string of the molecule is CC1(C(=O)Nc2ccc([N+](=O)[O-])c(C(F)(F)F)c2)CC([Si](C)(C)C)N=N1. The summed E-state index contributed by atoms with van der Waals surface area (Å²) in [4.78, 5) is 22.2. The fraction of sp³-hybridized carbons (Fsp3) is 0.533. The van der Waals surface area contributed by atoms with Gasteiger partial charge in [-0.05, 0) is 19.1 Å². The van der Waals surface area contributed by atoms with E-state index in [-0.39, 0.29) is 11.4 Å². The summed E-state index contributed by atoms with van der Waals surface area (Å²) in [5.41, 5.74) is -3.90. The van der Waals surface area contributed by atoms with Crippen LogP contribution in [0.1, 0.15) is 18.9 Å². The topological polar surface area (TPSA) is 97.0 Å². The third kappa shape index (κ3) is 4.09. The van der Waals surface area contributed by atoms with E-state index in [2.05, 4.69) is 35.2 Å². The van der Waals surface area contributed by atoms with Gasteiger partial charge in [-0.25, -0.2) is 0 Å². The van der Waals surface area contributed by atoms with Gasteiger partial charge >= 0.3 is 6.18 Å². The van der Waals surface area contributed by atoms with Crippen molar-refractivity contribution in [1.82, 2.24) is 0 Å². The molecule has 142 valence electrons. The van der Waals surface area contributed by atoms with Crippen LogP contribution in [-0.4, -0.2) is 30.1 Å². The van der Waals surface area contributed by atoms with Crippen molar-refractivity contribution < 1.29 is 22.9 Å². The molecule has 0 saturated heterocycles. The molecule has 1 N–H and O–H groups in total. The van der Waals surface area contributed by atoms with Crippen molar-refractivity contribution in [3.05, 3.63) is 33.9 Å². The average Bonchev–Trinajstić information content (AvgIpc) is 2.90. The first-order valence-corrected chi connectivity index (χ1v) is 11.4. The fourth-order valence-corrected chi connectivity index (χ4v) is 3.95. The summed E-state index contributed by atoms with van der Waals surface area (Å²) in [6, 6.07) is 2.35. The molecular weight excluding hydrogens is 369 g/mol. The van der Waals surface area contributed by atoms with Crippen LogP contribution in [0.3, 0.4) is 0 Å². The van der Waals surface area contributed by atoms with Crippen LogP contribution in [0, 0.1) is 10.1 Å². The molecule has 0 aromatic heterocycles. The highest BCUT2D eigenvalue weighted by Crippen LogP contribution is 2.38. The van der Waals surface area contributed by atoms with Gasteiger partial charge in [0.15, 0.2) is 5.54 Å². The lowest BCUT2D eigenvalue weighted by Gasteiger charge is -2.24. The van der Waals surface area contributed by atoms with Gasteiger partial charge in [0.05, 0.1) is 18.7 Å². The van der Waals surface area contributed by atoms with E-state index in [9.17, 15) is 28.1 Å². The number of nitro groups is 1. The minimum absolute atomic E-state index is 0.0548. The molecular formula is C15H19F3N4O3Si. The summed E-state index contributed by atoms with van der Waals surface area (Å²) >= 11 is 0. The molecule has 0 saturated carbocycles. The first-order valence-electron chi connectivity index (χ1n) is 7.83. The zero-order valence-corrected chi connectivity index (χ0v) is 15.7. The molecule has 2 rings (SSSR count). The number of alkyl halides is 3. The van der Waals surface area contributed by atoms with E-state index in [1.807, 2.05) is 0 Å². The van der Waals surface area contributed by atoms with Gasteiger partial charge in [0.25, 0.3) is 11.6 Å². The summed E-state index contributed by atoms with van der Waals surface area (Å²) < 4.78 is 39.1. The van der Waals surface area contributed by atoms with Gasteiger partial charge in [-0.2, -0.15) is 23.4 Å². The normalized spacial score (nSPS) is 23.1. The first kappa shape index (κ1) is 20.0. The van der Waals surface area contributed by atoms with Crippen LogP contribution < -0.4 is 5.32 Å². The number of azo groups is 1. The van der Waals surface area contributed by atoms with Crippen molar-refractivity contribution in [2.75, 3.05) is 5.32 Å². The maximum absolute atomic E-state index is 13.0. The Hall–Kier alpha value is -2.30. The Morgan fingerprint density at radius 3 is 2.46 bits per heavy atom. The van der Waals surface area contributed by atoms with Crippen LogP contribution in [0.4, 0.5) is 24.5 Å². The number of nitrogens with zero attached hydrogens (tertiary/aromatic N) is 3. The van der Waals surface area contributed by atoms with Crippen LogP contribution in [-0.2, 0) is 11.0 Å². The second-order valence-electron chi connectivity index (χ2n) is 7.52. The fourth-order valence-electron chi connectivity index (χ4n) is 2.54. The van der Waals surface area contributed by atoms with Gasteiger partial charge in [0.1, 0.15) is 5.56 Å². The molecule has 1 heterocycles. The Bertz CT molecular complexity index is 776. The predicted molar refractivity (Wildman–Crippen MR) is 91.7 cm³/mol. The molecule has 2 atom stereocenters. The van der Waals surface area contributed by atoms with Crippen molar-refractivity contribution in [3.63, 3.8) is 0 Å². The summed E-state index contributed by atoms with van der Waals surface area (Å²) in [6.07, 6.45) is -4.53. The molecule has 1 aliphatic heterocycles. The zero-order valence-electron chi connectivity index (χ0n) is 14.7. The van der Waals surface area contributed by atoms with E-state index < -0.39 is 41.9 Å². The number of carbonyl (C=O) groups is 1. The van der Waals surface area contributed by atoms with Gasteiger partial charge in [-0.15, -0.1) is 0 Å². The molecule has 0 spiro atoms. The highest BCUT2D eigenvalue weighted by Gasteiger charge is 2.45. The van der Waals surface area contributed by atoms with Gasteiger partial charge in [0.2, 0.25) is 0 Å². The predicted octanol–water partition coefficient (Wildman–Crippen LogP) is 4.41. The second kappa shape index (κ2) is 6.45. The smallest absolute Gasteiger partial charge is 0.324 e. The van der Waals surface area contributed by atoms with E-state index in [1.54, 1.807) is 6.92 Å². The molecule has 1 aromatic rings. The number of hydrogen-bond acceptors (Lipinski definition) is 5. The van der Waals surface area contributed by atoms with E-state index in [4.69, 9.17) is 0 Å². The van der Waals surface area contributed by atoms with Crippen LogP contribution in [0.25, 0.3) is 0 Å². The summed E-state index contributed by atoms with van der Waals surface area (Å²) in [7, 11) is -1.67. The number of nitro benzene ring substituents is 1. The van der Waals surface area contributed by atoms with Crippen molar-refractivity contribution in [2.45, 2.75) is 50.4 Å². The van der Waals surface area contributed by atoms with Gasteiger partial charge in [-0.1, -0.05) is 19.6 Å². The number of hydrogen-bond donors (Lipinski definition) is 1. The number of carbonyl (C=O) groups excluding carboxylic acids is 1. The molecule has 0 bridgehead atoms. The quantitative estimate of drug-likeness (QED) is 0.470. The highest BCUT2D eigenvalue weighted by molar-refractivity contribution is 6.77. The number of halogens is 3. The lowest BCUT2D eigenvalue weighted by Crippen LogP contribution is -2.43. The summed E-state index contributed by atoms with van der Waals surface area (Å²) in [6.45, 7) is 7.84. The first-order chi connectivity index (χ1) is 11.7. The Labute approximate surface area is 148 Å². The molecule has 0 fully saturated rings. The third-order valence-corrected chi connectivity index (χ3v) is 6.57. The van der Waals surface area contributed by atoms with Crippen molar-refractivity contribution in [2.24, 2.45) is 10.2 Å². The van der Waals surface area contributed by atoms with Gasteiger partial charge < -0.3 is 5.32 Å². The Balaban J connectivity index is 2.25. The Kier molecular flexibility index (Phi) is 4.97. The molecule has 1 aromatic carbocycles. The number of benzene rings is 1. The minimum Gasteiger partial charge on any atom is -0.324 e. The molecule has 26 heavy (non-hydrogen) atoms. The summed E-state index contributed by atoms with van der Waals surface area (Å²) in [5.74, 6) is -0.594. The van der Waals surface area contributed by atoms with E-state index in [1.165, 1.54) is 0 Å². The van der Waals surface area contributed by atoms with E-state index in [0.717, 1.165) is 12.1 Å². The van der Waals surface area contributed by atoms with Crippen molar-refractivity contribution in [1.29, 1.82) is 0 Å². The van der Waals surface area contributed by atoms with Crippen LogP contribution in [0.5, 0.6) is 0 Å². The monoisotopic (exact) mass is 388 g/mol.